The van der Waals surface area contributed by atoms with E-state index in [0.717, 1.165) is 31.5 Å². The van der Waals surface area contributed by atoms with E-state index in [1.54, 1.807) is 0 Å². The van der Waals surface area contributed by atoms with Crippen molar-refractivity contribution in [3.63, 3.8) is 0 Å². The molecule has 2 N–H and O–H groups in total. The van der Waals surface area contributed by atoms with Crippen LogP contribution in [0.25, 0.3) is 0 Å². The van der Waals surface area contributed by atoms with Crippen molar-refractivity contribution < 1.29 is 12.8 Å². The monoisotopic (exact) mass is 362 g/mol. The molecule has 1 aromatic rings. The second-order valence-corrected chi connectivity index (χ2v) is 6.83. The van der Waals surface area contributed by atoms with Crippen molar-refractivity contribution in [3.05, 3.63) is 28.0 Å². The molecule has 4 nitrogen and oxygen atoms in total. The summed E-state index contributed by atoms with van der Waals surface area (Å²) in [5.74, 6) is -0.673. The molecule has 1 heterocycles. The number of piperidine rings is 1. The zero-order valence-corrected chi connectivity index (χ0v) is 13.5. The molecule has 114 valence electrons. The summed E-state index contributed by atoms with van der Waals surface area (Å²) < 4.78 is 40.0. The molecule has 1 atom stereocenters. The highest BCUT2D eigenvalue weighted by atomic mass is 35.5. The zero-order valence-electron chi connectivity index (χ0n) is 10.3. The van der Waals surface area contributed by atoms with Crippen LogP contribution < -0.4 is 10.0 Å². The number of hydrogen-bond acceptors (Lipinski definition) is 3. The normalized spacial score (nSPS) is 19.4. The predicted molar refractivity (Wildman–Crippen MR) is 79.9 cm³/mol. The fourth-order valence-electron chi connectivity index (χ4n) is 2.02. The van der Waals surface area contributed by atoms with E-state index in [0.29, 0.717) is 6.54 Å². The van der Waals surface area contributed by atoms with Crippen molar-refractivity contribution >= 4 is 45.6 Å². The topological polar surface area (TPSA) is 58.2 Å². The molecular formula is C11H14Cl3FN2O2S. The molecule has 0 saturated carbocycles. The summed E-state index contributed by atoms with van der Waals surface area (Å²) in [5.41, 5.74) is 0. The number of sulfonamides is 1. The molecule has 1 aliphatic heterocycles. The van der Waals surface area contributed by atoms with Gasteiger partial charge in [-0.1, -0.05) is 23.2 Å². The summed E-state index contributed by atoms with van der Waals surface area (Å²) in [6.07, 6.45) is 1.63. The van der Waals surface area contributed by atoms with Crippen LogP contribution in [-0.2, 0) is 10.0 Å². The van der Waals surface area contributed by atoms with E-state index in [9.17, 15) is 12.8 Å². The fraction of sp³-hybridized carbons (Fsp3) is 0.455. The molecule has 0 spiro atoms. The van der Waals surface area contributed by atoms with E-state index < -0.39 is 15.8 Å². The van der Waals surface area contributed by atoms with Gasteiger partial charge >= 0.3 is 0 Å². The van der Waals surface area contributed by atoms with Gasteiger partial charge in [-0.2, -0.15) is 0 Å². The summed E-state index contributed by atoms with van der Waals surface area (Å²) in [6.45, 7) is 1.42. The van der Waals surface area contributed by atoms with Crippen molar-refractivity contribution in [2.75, 3.05) is 13.1 Å². The summed E-state index contributed by atoms with van der Waals surface area (Å²) in [7, 11) is -3.86. The van der Waals surface area contributed by atoms with Gasteiger partial charge in [0, 0.05) is 12.6 Å². The van der Waals surface area contributed by atoms with Crippen LogP contribution in [0.3, 0.4) is 0 Å². The maximum Gasteiger partial charge on any atom is 0.243 e. The first kappa shape index (κ1) is 17.9. The lowest BCUT2D eigenvalue weighted by molar-refractivity contribution is 0.428. The molecule has 1 fully saturated rings. The molecule has 0 unspecified atom stereocenters. The minimum absolute atomic E-state index is 0. The first-order chi connectivity index (χ1) is 8.90. The van der Waals surface area contributed by atoms with Gasteiger partial charge in [-0.05, 0) is 31.5 Å². The number of benzene rings is 1. The van der Waals surface area contributed by atoms with Crippen molar-refractivity contribution in [1.29, 1.82) is 0 Å². The second kappa shape index (κ2) is 7.24. The average molecular weight is 364 g/mol. The first-order valence-electron chi connectivity index (χ1n) is 5.78. The van der Waals surface area contributed by atoms with Gasteiger partial charge in [0.05, 0.1) is 10.0 Å². The van der Waals surface area contributed by atoms with Gasteiger partial charge in [-0.3, -0.25) is 0 Å². The van der Waals surface area contributed by atoms with Crippen LogP contribution in [0.4, 0.5) is 4.39 Å². The first-order valence-corrected chi connectivity index (χ1v) is 8.01. The molecule has 1 saturated heterocycles. The van der Waals surface area contributed by atoms with E-state index in [4.69, 9.17) is 23.2 Å². The van der Waals surface area contributed by atoms with Crippen LogP contribution in [0.5, 0.6) is 0 Å². The van der Waals surface area contributed by atoms with Gasteiger partial charge in [0.2, 0.25) is 10.0 Å². The molecule has 0 aromatic heterocycles. The molecule has 20 heavy (non-hydrogen) atoms. The maximum absolute atomic E-state index is 13.1. The van der Waals surface area contributed by atoms with Gasteiger partial charge in [0.1, 0.15) is 10.7 Å². The number of rotatable bonds is 3. The van der Waals surface area contributed by atoms with Crippen LogP contribution in [0.1, 0.15) is 12.8 Å². The molecule has 0 amide bonds. The number of halogens is 4. The predicted octanol–water partition coefficient (Wildman–Crippen LogP) is 2.58. The van der Waals surface area contributed by atoms with Gasteiger partial charge in [-0.25, -0.2) is 17.5 Å². The van der Waals surface area contributed by atoms with Gasteiger partial charge in [0.25, 0.3) is 0 Å². The second-order valence-electron chi connectivity index (χ2n) is 4.36. The number of hydrogen-bond donors (Lipinski definition) is 2. The maximum atomic E-state index is 13.1. The highest BCUT2D eigenvalue weighted by Gasteiger charge is 2.26. The van der Waals surface area contributed by atoms with Crippen molar-refractivity contribution in [1.82, 2.24) is 10.0 Å². The zero-order chi connectivity index (χ0) is 14.0. The fourth-order valence-corrected chi connectivity index (χ4v) is 4.48. The Hall–Kier alpha value is -0.110. The van der Waals surface area contributed by atoms with Crippen molar-refractivity contribution in [3.8, 4) is 0 Å². The van der Waals surface area contributed by atoms with E-state index in [-0.39, 0.29) is 33.4 Å². The minimum Gasteiger partial charge on any atom is -0.315 e. The molecule has 1 aliphatic rings. The standard InChI is InChI=1S/C11H13Cl2FN2O2S.ClH/c12-9-4-7(14)5-10(13)11(9)19(17,18)16-8-2-1-3-15-6-8;/h4-5,8,15-16H,1-3,6H2;1H/t8-;/m0./s1. The summed E-state index contributed by atoms with van der Waals surface area (Å²) in [5, 5.41) is 2.65. The highest BCUT2D eigenvalue weighted by Crippen LogP contribution is 2.30. The Morgan fingerprint density at radius 3 is 2.40 bits per heavy atom. The largest absolute Gasteiger partial charge is 0.315 e. The summed E-state index contributed by atoms with van der Waals surface area (Å²) >= 11 is 11.6. The Morgan fingerprint density at radius 1 is 1.30 bits per heavy atom. The lowest BCUT2D eigenvalue weighted by Gasteiger charge is -2.24. The average Bonchev–Trinajstić information content (AvgIpc) is 2.27. The van der Waals surface area contributed by atoms with Crippen LogP contribution in [-0.4, -0.2) is 27.5 Å². The smallest absolute Gasteiger partial charge is 0.243 e. The van der Waals surface area contributed by atoms with Crippen molar-refractivity contribution in [2.24, 2.45) is 0 Å². The Bertz CT molecular complexity index is 554. The third-order valence-electron chi connectivity index (χ3n) is 2.85. The minimum atomic E-state index is -3.86. The summed E-state index contributed by atoms with van der Waals surface area (Å²) in [4.78, 5) is -0.275. The highest BCUT2D eigenvalue weighted by molar-refractivity contribution is 7.89. The Balaban J connectivity index is 0.00000200. The lowest BCUT2D eigenvalue weighted by atomic mass is 10.1. The van der Waals surface area contributed by atoms with Crippen LogP contribution in [0.2, 0.25) is 10.0 Å². The van der Waals surface area contributed by atoms with E-state index in [1.807, 2.05) is 0 Å². The molecule has 1 aromatic carbocycles. The van der Waals surface area contributed by atoms with E-state index in [2.05, 4.69) is 10.0 Å². The van der Waals surface area contributed by atoms with Gasteiger partial charge in [-0.15, -0.1) is 12.4 Å². The summed E-state index contributed by atoms with van der Waals surface area (Å²) in [6, 6.07) is 1.65. The van der Waals surface area contributed by atoms with Crippen molar-refractivity contribution in [2.45, 2.75) is 23.8 Å². The quantitative estimate of drug-likeness (QED) is 0.868. The van der Waals surface area contributed by atoms with Crippen LogP contribution in [0, 0.1) is 5.82 Å². The van der Waals surface area contributed by atoms with Gasteiger partial charge in [0.15, 0.2) is 0 Å². The molecule has 9 heteroatoms. The van der Waals surface area contributed by atoms with Crippen LogP contribution in [0.15, 0.2) is 17.0 Å². The van der Waals surface area contributed by atoms with E-state index >= 15 is 0 Å². The number of nitrogens with one attached hydrogen (secondary N) is 2. The van der Waals surface area contributed by atoms with Gasteiger partial charge < -0.3 is 5.32 Å². The molecule has 0 radical (unpaired) electrons. The Morgan fingerprint density at radius 2 is 1.90 bits per heavy atom. The van der Waals surface area contributed by atoms with E-state index in [1.165, 1.54) is 0 Å². The Labute approximate surface area is 133 Å². The SMILES string of the molecule is Cl.O=S(=O)(N[C@H]1CCCNC1)c1c(Cl)cc(F)cc1Cl. The molecular weight excluding hydrogens is 350 g/mol. The molecule has 0 aliphatic carbocycles. The Kier molecular flexibility index (Phi) is 6.50. The third kappa shape index (κ3) is 4.19. The van der Waals surface area contributed by atoms with Crippen LogP contribution >= 0.6 is 35.6 Å². The molecule has 0 bridgehead atoms. The molecule has 2 rings (SSSR count). The third-order valence-corrected chi connectivity index (χ3v) is 5.29. The lowest BCUT2D eigenvalue weighted by Crippen LogP contribution is -2.45.